The molecule has 5 nitrogen and oxygen atoms in total. The molecule has 4 aromatic rings. The highest BCUT2D eigenvalue weighted by Crippen LogP contribution is 2.36. The normalized spacial score (nSPS) is 17.0. The molecule has 5 rings (SSSR count). The number of halogens is 1. The molecule has 0 amide bonds. The van der Waals surface area contributed by atoms with E-state index >= 15 is 0 Å². The molecule has 188 valence electrons. The molecule has 2 N–H and O–H groups in total. The van der Waals surface area contributed by atoms with Crippen molar-refractivity contribution in [3.05, 3.63) is 77.9 Å². The number of phenols is 2. The fraction of sp³-hybridized carbons (Fsp3) is 0.333. The lowest BCUT2D eigenvalue weighted by atomic mass is 10.1. The zero-order valence-electron chi connectivity index (χ0n) is 20.8. The molecule has 1 aliphatic heterocycles. The largest absolute Gasteiger partial charge is 0.508 e. The molecule has 3 aromatic carbocycles. The molecule has 1 aromatic heterocycles. The number of fused-ring (bicyclic) bond motifs is 1. The molecule has 0 bridgehead atoms. The summed E-state index contributed by atoms with van der Waals surface area (Å²) in [6, 6.07) is 21.1. The van der Waals surface area contributed by atoms with Gasteiger partial charge in [0.2, 0.25) is 0 Å². The Labute approximate surface area is 211 Å². The third-order valence-corrected chi connectivity index (χ3v) is 7.35. The number of likely N-dealkylation sites (tertiary alicyclic amines) is 1. The lowest BCUT2D eigenvalue weighted by molar-refractivity contribution is 0.165. The maximum atomic E-state index is 12.9. The molecule has 0 unspecified atom stereocenters. The SMILES string of the molecule is Cc1c(-c2ccc(O)cc2)n(Cc2ccc(OC[C@H](C)N3CC[C@@H](CF)C3)cc2)c2ccc(O)cc12. The monoisotopic (exact) mass is 488 g/mol. The van der Waals surface area contributed by atoms with Crippen molar-refractivity contribution in [3.63, 3.8) is 0 Å². The summed E-state index contributed by atoms with van der Waals surface area (Å²) in [4.78, 5) is 2.31. The van der Waals surface area contributed by atoms with Gasteiger partial charge in [-0.05, 0) is 98.1 Å². The Hall–Kier alpha value is -3.51. The van der Waals surface area contributed by atoms with Crippen LogP contribution in [-0.2, 0) is 6.54 Å². The molecule has 2 heterocycles. The van der Waals surface area contributed by atoms with E-state index in [2.05, 4.69) is 35.4 Å². The smallest absolute Gasteiger partial charge is 0.119 e. The average Bonchev–Trinajstić information content (AvgIpc) is 3.47. The van der Waals surface area contributed by atoms with Crippen LogP contribution in [0.4, 0.5) is 4.39 Å². The van der Waals surface area contributed by atoms with Crippen LogP contribution in [0.1, 0.15) is 24.5 Å². The van der Waals surface area contributed by atoms with Gasteiger partial charge in [-0.15, -0.1) is 0 Å². The standard InChI is InChI=1S/C30H33FN2O3/c1-20(32-14-13-23(16-31)17-32)19-36-27-10-3-22(4-11-27)18-33-29-12-9-26(35)15-28(29)21(2)30(33)24-5-7-25(34)8-6-24/h3-12,15,20,23,34-35H,13-14,16-19H2,1-2H3/t20-,23-/m0/s1. The number of hydrogen-bond donors (Lipinski definition) is 2. The first-order valence-corrected chi connectivity index (χ1v) is 12.6. The first-order chi connectivity index (χ1) is 17.4. The highest BCUT2D eigenvalue weighted by molar-refractivity contribution is 5.92. The predicted octanol–water partition coefficient (Wildman–Crippen LogP) is 6.13. The van der Waals surface area contributed by atoms with Crippen molar-refractivity contribution in [3.8, 4) is 28.5 Å². The molecule has 0 saturated carbocycles. The molecule has 0 radical (unpaired) electrons. The van der Waals surface area contributed by atoms with Crippen LogP contribution in [0.25, 0.3) is 22.2 Å². The van der Waals surface area contributed by atoms with E-state index in [1.807, 2.05) is 30.3 Å². The molecular weight excluding hydrogens is 455 g/mol. The van der Waals surface area contributed by atoms with Crippen LogP contribution in [0.5, 0.6) is 17.2 Å². The molecule has 6 heteroatoms. The van der Waals surface area contributed by atoms with Gasteiger partial charge in [0.25, 0.3) is 0 Å². The van der Waals surface area contributed by atoms with E-state index in [0.29, 0.717) is 13.2 Å². The Balaban J connectivity index is 1.35. The summed E-state index contributed by atoms with van der Waals surface area (Å²) in [6.45, 7) is 6.94. The lowest BCUT2D eigenvalue weighted by Gasteiger charge is -2.24. The van der Waals surface area contributed by atoms with Gasteiger partial charge in [-0.1, -0.05) is 12.1 Å². The van der Waals surface area contributed by atoms with Crippen LogP contribution >= 0.6 is 0 Å². The average molecular weight is 489 g/mol. The van der Waals surface area contributed by atoms with E-state index in [0.717, 1.165) is 58.5 Å². The van der Waals surface area contributed by atoms with Crippen LogP contribution in [0, 0.1) is 12.8 Å². The predicted molar refractivity (Wildman–Crippen MR) is 142 cm³/mol. The first kappa shape index (κ1) is 24.2. The van der Waals surface area contributed by atoms with E-state index in [1.165, 1.54) is 0 Å². The summed E-state index contributed by atoms with van der Waals surface area (Å²) in [6.07, 6.45) is 0.925. The molecule has 1 saturated heterocycles. The van der Waals surface area contributed by atoms with Gasteiger partial charge in [-0.2, -0.15) is 0 Å². The highest BCUT2D eigenvalue weighted by Gasteiger charge is 2.26. The van der Waals surface area contributed by atoms with E-state index in [-0.39, 0.29) is 30.1 Å². The van der Waals surface area contributed by atoms with Gasteiger partial charge >= 0.3 is 0 Å². The third kappa shape index (κ3) is 4.91. The third-order valence-electron chi connectivity index (χ3n) is 7.35. The number of phenolic OH excluding ortho intramolecular Hbond substituents is 2. The van der Waals surface area contributed by atoms with Crippen molar-refractivity contribution < 1.29 is 19.3 Å². The van der Waals surface area contributed by atoms with Crippen molar-refractivity contribution in [1.29, 1.82) is 0 Å². The number of aromatic hydroxyl groups is 2. The Morgan fingerprint density at radius 3 is 2.42 bits per heavy atom. The van der Waals surface area contributed by atoms with Crippen molar-refractivity contribution in [2.75, 3.05) is 26.4 Å². The van der Waals surface area contributed by atoms with Gasteiger partial charge in [0.15, 0.2) is 0 Å². The van der Waals surface area contributed by atoms with Crippen LogP contribution < -0.4 is 4.74 Å². The fourth-order valence-corrected chi connectivity index (χ4v) is 5.25. The van der Waals surface area contributed by atoms with Crippen molar-refractivity contribution in [1.82, 2.24) is 9.47 Å². The zero-order chi connectivity index (χ0) is 25.2. The number of benzene rings is 3. The van der Waals surface area contributed by atoms with Crippen LogP contribution in [-0.4, -0.2) is 52.1 Å². The van der Waals surface area contributed by atoms with Crippen LogP contribution in [0.15, 0.2) is 66.7 Å². The summed E-state index contributed by atoms with van der Waals surface area (Å²) >= 11 is 0. The number of aryl methyl sites for hydroxylation is 1. The van der Waals surface area contributed by atoms with Gasteiger partial charge in [-0.25, -0.2) is 0 Å². The molecular formula is C30H33FN2O3. The van der Waals surface area contributed by atoms with Gasteiger partial charge in [-0.3, -0.25) is 9.29 Å². The molecule has 2 atom stereocenters. The first-order valence-electron chi connectivity index (χ1n) is 12.6. The minimum Gasteiger partial charge on any atom is -0.508 e. The minimum atomic E-state index is -0.239. The minimum absolute atomic E-state index is 0.163. The van der Waals surface area contributed by atoms with E-state index in [9.17, 15) is 14.6 Å². The maximum Gasteiger partial charge on any atom is 0.119 e. The maximum absolute atomic E-state index is 12.9. The topological polar surface area (TPSA) is 57.9 Å². The fourth-order valence-electron chi connectivity index (χ4n) is 5.25. The van der Waals surface area contributed by atoms with Gasteiger partial charge in [0.1, 0.15) is 23.9 Å². The van der Waals surface area contributed by atoms with Crippen molar-refractivity contribution in [2.24, 2.45) is 5.92 Å². The summed E-state index contributed by atoms with van der Waals surface area (Å²) in [5.74, 6) is 1.46. The number of rotatable bonds is 8. The second-order valence-electron chi connectivity index (χ2n) is 9.92. The molecule has 0 aliphatic carbocycles. The molecule has 36 heavy (non-hydrogen) atoms. The van der Waals surface area contributed by atoms with Crippen LogP contribution in [0.3, 0.4) is 0 Å². The summed E-state index contributed by atoms with van der Waals surface area (Å²) in [5.41, 5.74) is 5.32. The highest BCUT2D eigenvalue weighted by atomic mass is 19.1. The Morgan fingerprint density at radius 1 is 1.00 bits per heavy atom. The van der Waals surface area contributed by atoms with Gasteiger partial charge < -0.3 is 19.5 Å². The van der Waals surface area contributed by atoms with E-state index in [4.69, 9.17) is 4.74 Å². The molecule has 0 spiro atoms. The summed E-state index contributed by atoms with van der Waals surface area (Å²) in [5, 5.41) is 20.9. The number of ether oxygens (including phenoxy) is 1. The van der Waals surface area contributed by atoms with Crippen LogP contribution in [0.2, 0.25) is 0 Å². The second-order valence-corrected chi connectivity index (χ2v) is 9.92. The second kappa shape index (κ2) is 10.2. The van der Waals surface area contributed by atoms with Gasteiger partial charge in [0.05, 0.1) is 12.4 Å². The van der Waals surface area contributed by atoms with Gasteiger partial charge in [0, 0.05) is 36.0 Å². The Bertz CT molecular complexity index is 1330. The number of aromatic nitrogens is 1. The van der Waals surface area contributed by atoms with E-state index < -0.39 is 0 Å². The number of hydrogen-bond acceptors (Lipinski definition) is 4. The summed E-state index contributed by atoms with van der Waals surface area (Å²) < 4.78 is 21.2. The Kier molecular flexibility index (Phi) is 6.88. The number of alkyl halides is 1. The molecule has 1 fully saturated rings. The molecule has 1 aliphatic rings. The Morgan fingerprint density at radius 2 is 1.72 bits per heavy atom. The lowest BCUT2D eigenvalue weighted by Crippen LogP contribution is -2.35. The van der Waals surface area contributed by atoms with Crippen molar-refractivity contribution >= 4 is 10.9 Å². The summed E-state index contributed by atoms with van der Waals surface area (Å²) in [7, 11) is 0. The quantitative estimate of drug-likeness (QED) is 0.313. The van der Waals surface area contributed by atoms with E-state index in [1.54, 1.807) is 24.3 Å². The zero-order valence-corrected chi connectivity index (χ0v) is 20.8. The number of nitrogens with zero attached hydrogens (tertiary/aromatic N) is 2. The van der Waals surface area contributed by atoms with Crippen molar-refractivity contribution in [2.45, 2.75) is 32.9 Å².